The molecule has 0 bridgehead atoms. The lowest BCUT2D eigenvalue weighted by molar-refractivity contribution is -0.166. The van der Waals surface area contributed by atoms with E-state index < -0.39 is 29.7 Å². The second-order valence-electron chi connectivity index (χ2n) is 8.35. The van der Waals surface area contributed by atoms with Gasteiger partial charge in [-0.15, -0.1) is 0 Å². The fraction of sp³-hybridized carbons (Fsp3) is 1.00. The van der Waals surface area contributed by atoms with Crippen molar-refractivity contribution >= 4 is 0 Å². The van der Waals surface area contributed by atoms with E-state index in [1.807, 2.05) is 11.8 Å². The van der Waals surface area contributed by atoms with Crippen molar-refractivity contribution in [3.63, 3.8) is 0 Å². The monoisotopic (exact) mass is 381 g/mol. The standard InChI is InChI=1S/C18H31F4N3O/c1-12-7-24(5-4-17(12,19)20)13(2)6-14-8-25(15-10-26-11-15)9-16(23-3)18(14,21)22/h12-16,23H,4-11H2,1-3H3. The summed E-state index contributed by atoms with van der Waals surface area (Å²) >= 11 is 0. The molecule has 0 spiro atoms. The van der Waals surface area contributed by atoms with Gasteiger partial charge in [-0.05, 0) is 20.4 Å². The Hall–Kier alpha value is -0.440. The minimum absolute atomic E-state index is 0.139. The molecule has 3 heterocycles. The maximum Gasteiger partial charge on any atom is 0.268 e. The number of alkyl halides is 4. The molecule has 3 rings (SSSR count). The van der Waals surface area contributed by atoms with E-state index in [9.17, 15) is 17.6 Å². The molecule has 8 heteroatoms. The zero-order valence-corrected chi connectivity index (χ0v) is 15.9. The number of piperidine rings is 2. The number of halogens is 4. The van der Waals surface area contributed by atoms with E-state index in [-0.39, 0.29) is 31.6 Å². The Morgan fingerprint density at radius 1 is 1.15 bits per heavy atom. The van der Waals surface area contributed by atoms with Gasteiger partial charge in [-0.2, -0.15) is 0 Å². The molecule has 3 fully saturated rings. The van der Waals surface area contributed by atoms with Gasteiger partial charge in [0.2, 0.25) is 0 Å². The summed E-state index contributed by atoms with van der Waals surface area (Å²) in [6.07, 6.45) is 0.123. The molecule has 0 aromatic carbocycles. The van der Waals surface area contributed by atoms with Crippen LogP contribution in [0.4, 0.5) is 17.6 Å². The third-order valence-electron chi connectivity index (χ3n) is 6.58. The Morgan fingerprint density at radius 3 is 2.38 bits per heavy atom. The van der Waals surface area contributed by atoms with Gasteiger partial charge in [0, 0.05) is 50.5 Å². The van der Waals surface area contributed by atoms with Gasteiger partial charge in [0.05, 0.1) is 25.3 Å². The molecule has 0 saturated carbocycles. The molecule has 0 amide bonds. The Morgan fingerprint density at radius 2 is 1.85 bits per heavy atom. The zero-order valence-electron chi connectivity index (χ0n) is 15.9. The van der Waals surface area contributed by atoms with Gasteiger partial charge in [0.15, 0.2) is 0 Å². The number of hydrogen-bond acceptors (Lipinski definition) is 4. The van der Waals surface area contributed by atoms with Crippen molar-refractivity contribution in [3.8, 4) is 0 Å². The molecule has 0 aromatic heterocycles. The molecule has 3 aliphatic rings. The van der Waals surface area contributed by atoms with E-state index >= 15 is 0 Å². The molecular weight excluding hydrogens is 350 g/mol. The smallest absolute Gasteiger partial charge is 0.268 e. The summed E-state index contributed by atoms with van der Waals surface area (Å²) in [6, 6.07) is -0.813. The first-order valence-corrected chi connectivity index (χ1v) is 9.64. The molecule has 0 aromatic rings. The number of nitrogens with one attached hydrogen (secondary N) is 1. The average Bonchev–Trinajstić information content (AvgIpc) is 2.51. The lowest BCUT2D eigenvalue weighted by atomic mass is 9.83. The predicted octanol–water partition coefficient (Wildman–Crippen LogP) is 2.30. The van der Waals surface area contributed by atoms with Crippen LogP contribution < -0.4 is 5.32 Å². The van der Waals surface area contributed by atoms with Gasteiger partial charge in [0.1, 0.15) is 0 Å². The third-order valence-corrected chi connectivity index (χ3v) is 6.58. The second-order valence-corrected chi connectivity index (χ2v) is 8.35. The van der Waals surface area contributed by atoms with E-state index in [0.29, 0.717) is 32.7 Å². The Bertz CT molecular complexity index is 489. The largest absolute Gasteiger partial charge is 0.378 e. The molecule has 152 valence electrons. The molecule has 3 aliphatic heterocycles. The second kappa shape index (κ2) is 7.53. The van der Waals surface area contributed by atoms with Crippen LogP contribution in [-0.4, -0.2) is 86.2 Å². The summed E-state index contributed by atoms with van der Waals surface area (Å²) in [5, 5.41) is 2.78. The summed E-state index contributed by atoms with van der Waals surface area (Å²) in [6.45, 7) is 5.83. The molecule has 0 radical (unpaired) electrons. The Balaban J connectivity index is 1.65. The topological polar surface area (TPSA) is 27.7 Å². The number of likely N-dealkylation sites (tertiary alicyclic amines) is 2. The van der Waals surface area contributed by atoms with Crippen LogP contribution in [0.15, 0.2) is 0 Å². The maximum atomic E-state index is 15.0. The first-order valence-electron chi connectivity index (χ1n) is 9.64. The van der Waals surface area contributed by atoms with Crippen LogP contribution in [0, 0.1) is 11.8 Å². The van der Waals surface area contributed by atoms with Crippen molar-refractivity contribution in [1.29, 1.82) is 0 Å². The Labute approximate surface area is 153 Å². The molecule has 4 unspecified atom stereocenters. The zero-order chi connectivity index (χ0) is 19.1. The number of nitrogens with zero attached hydrogens (tertiary/aromatic N) is 2. The molecular formula is C18H31F4N3O. The molecule has 4 atom stereocenters. The van der Waals surface area contributed by atoms with E-state index in [1.54, 1.807) is 14.0 Å². The first kappa shape index (κ1) is 20.3. The van der Waals surface area contributed by atoms with Gasteiger partial charge in [-0.25, -0.2) is 17.6 Å². The average molecular weight is 381 g/mol. The highest BCUT2D eigenvalue weighted by atomic mass is 19.3. The van der Waals surface area contributed by atoms with Crippen LogP contribution in [0.5, 0.6) is 0 Å². The van der Waals surface area contributed by atoms with E-state index in [1.165, 1.54) is 0 Å². The fourth-order valence-electron chi connectivity index (χ4n) is 4.44. The normalized spacial score (nSPS) is 37.3. The summed E-state index contributed by atoms with van der Waals surface area (Å²) in [4.78, 5) is 4.06. The van der Waals surface area contributed by atoms with Crippen molar-refractivity contribution in [3.05, 3.63) is 0 Å². The van der Waals surface area contributed by atoms with Gasteiger partial charge in [0.25, 0.3) is 11.8 Å². The summed E-state index contributed by atoms with van der Waals surface area (Å²) < 4.78 is 62.6. The minimum Gasteiger partial charge on any atom is -0.378 e. The molecule has 0 aliphatic carbocycles. The molecule has 4 nitrogen and oxygen atoms in total. The number of rotatable bonds is 5. The maximum absolute atomic E-state index is 15.0. The third kappa shape index (κ3) is 3.88. The number of likely N-dealkylation sites (N-methyl/N-ethyl adjacent to an activating group) is 1. The predicted molar refractivity (Wildman–Crippen MR) is 91.8 cm³/mol. The van der Waals surface area contributed by atoms with E-state index in [0.717, 1.165) is 0 Å². The van der Waals surface area contributed by atoms with Crippen molar-refractivity contribution in [2.24, 2.45) is 11.8 Å². The SMILES string of the molecule is CNC1CN(C2COC2)CC(CC(C)N2CCC(F)(F)C(C)C2)C1(F)F. The summed E-state index contributed by atoms with van der Waals surface area (Å²) in [5.41, 5.74) is 0. The quantitative estimate of drug-likeness (QED) is 0.740. The van der Waals surface area contributed by atoms with E-state index in [4.69, 9.17) is 4.74 Å². The molecule has 26 heavy (non-hydrogen) atoms. The van der Waals surface area contributed by atoms with Gasteiger partial charge in [-0.1, -0.05) is 6.92 Å². The van der Waals surface area contributed by atoms with Crippen LogP contribution in [0.25, 0.3) is 0 Å². The van der Waals surface area contributed by atoms with Crippen molar-refractivity contribution < 1.29 is 22.3 Å². The van der Waals surface area contributed by atoms with Crippen molar-refractivity contribution in [2.45, 2.75) is 56.7 Å². The van der Waals surface area contributed by atoms with Crippen LogP contribution in [0.2, 0.25) is 0 Å². The lowest BCUT2D eigenvalue weighted by Gasteiger charge is -2.49. The highest BCUT2D eigenvalue weighted by Gasteiger charge is 2.53. The van der Waals surface area contributed by atoms with Crippen LogP contribution >= 0.6 is 0 Å². The lowest BCUT2D eigenvalue weighted by Crippen LogP contribution is -2.66. The Kier molecular flexibility index (Phi) is 5.88. The van der Waals surface area contributed by atoms with Gasteiger partial charge >= 0.3 is 0 Å². The number of ether oxygens (including phenoxy) is 1. The molecule has 3 saturated heterocycles. The molecule has 1 N–H and O–H groups in total. The van der Waals surface area contributed by atoms with Crippen molar-refractivity contribution in [2.75, 3.05) is 46.4 Å². The van der Waals surface area contributed by atoms with Crippen molar-refractivity contribution in [1.82, 2.24) is 15.1 Å². The van der Waals surface area contributed by atoms with Crippen LogP contribution in [-0.2, 0) is 4.74 Å². The minimum atomic E-state index is -2.81. The fourth-order valence-corrected chi connectivity index (χ4v) is 4.44. The van der Waals surface area contributed by atoms with Crippen LogP contribution in [0.1, 0.15) is 26.7 Å². The summed E-state index contributed by atoms with van der Waals surface area (Å²) in [7, 11) is 1.58. The highest BCUT2D eigenvalue weighted by Crippen LogP contribution is 2.40. The highest BCUT2D eigenvalue weighted by molar-refractivity contribution is 5.00. The van der Waals surface area contributed by atoms with Gasteiger partial charge < -0.3 is 10.1 Å². The van der Waals surface area contributed by atoms with Gasteiger partial charge in [-0.3, -0.25) is 9.80 Å². The number of hydrogen-bond donors (Lipinski definition) is 1. The van der Waals surface area contributed by atoms with Crippen LogP contribution in [0.3, 0.4) is 0 Å². The summed E-state index contributed by atoms with van der Waals surface area (Å²) in [5.74, 6) is -6.99. The van der Waals surface area contributed by atoms with E-state index in [2.05, 4.69) is 10.2 Å². The first-order chi connectivity index (χ1) is 12.1.